The lowest BCUT2D eigenvalue weighted by Crippen LogP contribution is -2.06. The molecule has 1 rings (SSSR count). The molecular weight excluding hydrogens is 254 g/mol. The predicted molar refractivity (Wildman–Crippen MR) is 58.8 cm³/mol. The monoisotopic (exact) mass is 260 g/mol. The van der Waals surface area contributed by atoms with E-state index in [2.05, 4.69) is 0 Å². The highest BCUT2D eigenvalue weighted by molar-refractivity contribution is 6.67. The van der Waals surface area contributed by atoms with Crippen molar-refractivity contribution >= 4 is 46.4 Å². The quantitative estimate of drug-likeness (QED) is 0.707. The van der Waals surface area contributed by atoms with Gasteiger partial charge in [-0.1, -0.05) is 64.6 Å². The summed E-state index contributed by atoms with van der Waals surface area (Å²) in [5.74, 6) is 0. The van der Waals surface area contributed by atoms with Crippen molar-refractivity contribution in [2.45, 2.75) is 3.79 Å². The van der Waals surface area contributed by atoms with E-state index in [1.165, 1.54) is 0 Å². The molecule has 0 unspecified atom stereocenters. The van der Waals surface area contributed by atoms with Crippen molar-refractivity contribution in [3.8, 4) is 0 Å². The molecule has 1 aromatic carbocycles. The molecule has 13 heavy (non-hydrogen) atoms. The van der Waals surface area contributed by atoms with E-state index in [0.29, 0.717) is 0 Å². The molecular formula is C8H8Cl4O. The number of rotatable bonds is 0. The van der Waals surface area contributed by atoms with Crippen LogP contribution in [0.2, 0.25) is 5.02 Å². The highest BCUT2D eigenvalue weighted by Gasteiger charge is 2.16. The molecule has 1 aromatic rings. The second-order valence-electron chi connectivity index (χ2n) is 2.07. The standard InChI is InChI=1S/C6H5Cl.C2H3Cl3O/c7-6-4-2-1-3-5-6;3-2(4,5)1-6/h1-5H;6H,1H2. The number of aliphatic hydroxyl groups is 1. The molecule has 0 aliphatic heterocycles. The molecule has 0 bridgehead atoms. The second kappa shape index (κ2) is 6.74. The van der Waals surface area contributed by atoms with Gasteiger partial charge in [-0.05, 0) is 12.1 Å². The lowest BCUT2D eigenvalue weighted by atomic mass is 10.4. The summed E-state index contributed by atoms with van der Waals surface area (Å²) in [5.41, 5.74) is 0. The molecule has 0 aromatic heterocycles. The van der Waals surface area contributed by atoms with Crippen LogP contribution < -0.4 is 0 Å². The van der Waals surface area contributed by atoms with Crippen LogP contribution in [-0.2, 0) is 0 Å². The van der Waals surface area contributed by atoms with Crippen LogP contribution in [0.5, 0.6) is 0 Å². The summed E-state index contributed by atoms with van der Waals surface area (Å²) in [7, 11) is 0. The van der Waals surface area contributed by atoms with Gasteiger partial charge in [0.15, 0.2) is 0 Å². The van der Waals surface area contributed by atoms with Crippen LogP contribution in [0.25, 0.3) is 0 Å². The molecule has 0 radical (unpaired) electrons. The van der Waals surface area contributed by atoms with E-state index in [1.807, 2.05) is 30.3 Å². The Morgan fingerprint density at radius 1 is 1.08 bits per heavy atom. The Balaban J connectivity index is 0.000000226. The van der Waals surface area contributed by atoms with Crippen LogP contribution in [0.1, 0.15) is 0 Å². The first-order chi connectivity index (χ1) is 5.95. The topological polar surface area (TPSA) is 20.2 Å². The number of hydrogen-bond acceptors (Lipinski definition) is 1. The molecule has 0 heterocycles. The normalized spacial score (nSPS) is 10.2. The average molecular weight is 262 g/mol. The van der Waals surface area contributed by atoms with Gasteiger partial charge in [-0.3, -0.25) is 0 Å². The second-order valence-corrected chi connectivity index (χ2v) is 5.02. The fourth-order valence-electron chi connectivity index (χ4n) is 0.415. The molecule has 1 nitrogen and oxygen atoms in total. The summed E-state index contributed by atoms with van der Waals surface area (Å²) in [6, 6.07) is 9.44. The zero-order chi connectivity index (χ0) is 10.3. The fraction of sp³-hybridized carbons (Fsp3) is 0.250. The number of alkyl halides is 3. The molecule has 5 heteroatoms. The van der Waals surface area contributed by atoms with Crippen LogP contribution in [0, 0.1) is 0 Å². The van der Waals surface area contributed by atoms with E-state index in [-0.39, 0.29) is 0 Å². The van der Waals surface area contributed by atoms with Crippen LogP contribution in [-0.4, -0.2) is 15.5 Å². The minimum absolute atomic E-state index is 0.433. The molecule has 0 saturated heterocycles. The molecule has 0 spiro atoms. The smallest absolute Gasteiger partial charge is 0.213 e. The molecule has 0 amide bonds. The van der Waals surface area contributed by atoms with Gasteiger partial charge in [0.2, 0.25) is 3.79 Å². The zero-order valence-electron chi connectivity index (χ0n) is 6.55. The zero-order valence-corrected chi connectivity index (χ0v) is 9.58. The van der Waals surface area contributed by atoms with Crippen molar-refractivity contribution in [1.82, 2.24) is 0 Å². The van der Waals surface area contributed by atoms with Crippen molar-refractivity contribution in [3.05, 3.63) is 35.4 Å². The van der Waals surface area contributed by atoms with Gasteiger partial charge in [-0.15, -0.1) is 0 Å². The highest BCUT2D eigenvalue weighted by Crippen LogP contribution is 2.23. The van der Waals surface area contributed by atoms with Gasteiger partial charge in [-0.2, -0.15) is 0 Å². The van der Waals surface area contributed by atoms with Gasteiger partial charge < -0.3 is 5.11 Å². The minimum Gasteiger partial charge on any atom is -0.392 e. The third-order valence-corrected chi connectivity index (χ3v) is 1.52. The Hall–Kier alpha value is 0.340. The highest BCUT2D eigenvalue weighted by atomic mass is 35.6. The van der Waals surface area contributed by atoms with E-state index >= 15 is 0 Å². The van der Waals surface area contributed by atoms with Crippen LogP contribution >= 0.6 is 46.4 Å². The summed E-state index contributed by atoms with van der Waals surface area (Å²) in [5, 5.41) is 8.80. The molecule has 0 saturated carbocycles. The summed E-state index contributed by atoms with van der Waals surface area (Å²) in [6.07, 6.45) is 0. The number of aliphatic hydroxyl groups excluding tert-OH is 1. The lowest BCUT2D eigenvalue weighted by molar-refractivity contribution is 0.303. The Morgan fingerprint density at radius 2 is 1.46 bits per heavy atom. The Labute approximate surface area is 97.2 Å². The largest absolute Gasteiger partial charge is 0.392 e. The predicted octanol–water partition coefficient (Wildman–Crippen LogP) is 3.69. The maximum absolute atomic E-state index is 8.01. The third-order valence-electron chi connectivity index (χ3n) is 0.912. The van der Waals surface area contributed by atoms with Crippen molar-refractivity contribution in [3.63, 3.8) is 0 Å². The Bertz CT molecular complexity index is 219. The number of benzene rings is 1. The molecule has 0 aliphatic rings. The van der Waals surface area contributed by atoms with Crippen LogP contribution in [0.4, 0.5) is 0 Å². The summed E-state index contributed by atoms with van der Waals surface area (Å²) >= 11 is 20.5. The average Bonchev–Trinajstić information content (AvgIpc) is 2.06. The SMILES string of the molecule is Clc1ccccc1.OCC(Cl)(Cl)Cl. The third kappa shape index (κ3) is 10.3. The van der Waals surface area contributed by atoms with Crippen LogP contribution in [0.3, 0.4) is 0 Å². The first-order valence-electron chi connectivity index (χ1n) is 3.34. The van der Waals surface area contributed by atoms with E-state index in [9.17, 15) is 0 Å². The maximum Gasteiger partial charge on any atom is 0.213 e. The van der Waals surface area contributed by atoms with Crippen molar-refractivity contribution in [2.24, 2.45) is 0 Å². The lowest BCUT2D eigenvalue weighted by Gasteiger charge is -2.01. The van der Waals surface area contributed by atoms with Gasteiger partial charge in [0.1, 0.15) is 0 Å². The Kier molecular flexibility index (Phi) is 6.92. The van der Waals surface area contributed by atoms with E-state index < -0.39 is 10.4 Å². The first-order valence-corrected chi connectivity index (χ1v) is 4.85. The number of halogens is 4. The first kappa shape index (κ1) is 13.3. The van der Waals surface area contributed by atoms with Gasteiger partial charge in [0.25, 0.3) is 0 Å². The Morgan fingerprint density at radius 3 is 1.62 bits per heavy atom. The summed E-state index contributed by atoms with van der Waals surface area (Å²) in [4.78, 5) is 0. The number of hydrogen-bond donors (Lipinski definition) is 1. The summed E-state index contributed by atoms with van der Waals surface area (Å²) < 4.78 is -1.49. The van der Waals surface area contributed by atoms with Crippen molar-refractivity contribution in [2.75, 3.05) is 6.61 Å². The van der Waals surface area contributed by atoms with Crippen molar-refractivity contribution < 1.29 is 5.11 Å². The minimum atomic E-state index is -1.49. The van der Waals surface area contributed by atoms with Gasteiger partial charge in [0, 0.05) is 5.02 Å². The molecule has 74 valence electrons. The summed E-state index contributed by atoms with van der Waals surface area (Å²) in [6.45, 7) is -0.433. The van der Waals surface area contributed by atoms with E-state index in [4.69, 9.17) is 51.5 Å². The van der Waals surface area contributed by atoms with Gasteiger partial charge in [0.05, 0.1) is 6.61 Å². The molecule has 1 N–H and O–H groups in total. The van der Waals surface area contributed by atoms with Crippen molar-refractivity contribution in [1.29, 1.82) is 0 Å². The van der Waals surface area contributed by atoms with E-state index in [0.717, 1.165) is 5.02 Å². The van der Waals surface area contributed by atoms with Gasteiger partial charge >= 0.3 is 0 Å². The molecule has 0 fully saturated rings. The molecule has 0 atom stereocenters. The van der Waals surface area contributed by atoms with E-state index in [1.54, 1.807) is 0 Å². The van der Waals surface area contributed by atoms with Crippen LogP contribution in [0.15, 0.2) is 30.3 Å². The molecule has 0 aliphatic carbocycles. The maximum atomic E-state index is 8.01. The fourth-order valence-corrected chi connectivity index (χ4v) is 0.560. The van der Waals surface area contributed by atoms with Gasteiger partial charge in [-0.25, -0.2) is 0 Å².